The number of ether oxygens (including phenoxy) is 3. The van der Waals surface area contributed by atoms with Crippen molar-refractivity contribution in [3.05, 3.63) is 46.9 Å². The van der Waals surface area contributed by atoms with Crippen LogP contribution in [-0.4, -0.2) is 65.8 Å². The quantitative estimate of drug-likeness (QED) is 0.270. The molecule has 0 bridgehead atoms. The van der Waals surface area contributed by atoms with Crippen LogP contribution in [0.3, 0.4) is 0 Å². The maximum Gasteiger partial charge on any atom is 0.407 e. The molecule has 1 aliphatic carbocycles. The van der Waals surface area contributed by atoms with E-state index in [1.54, 1.807) is 44.5 Å². The molecule has 1 aromatic carbocycles. The zero-order valence-electron chi connectivity index (χ0n) is 25.9. The third-order valence-electron chi connectivity index (χ3n) is 7.68. The average Bonchev–Trinajstić information content (AvgIpc) is 3.60. The molecule has 1 saturated carbocycles. The summed E-state index contributed by atoms with van der Waals surface area (Å²) in [6.45, 7) is 5.69. The molecule has 13 heteroatoms. The number of nitrogens with one attached hydrogen (secondary N) is 3. The molecule has 2 unspecified atom stereocenters. The summed E-state index contributed by atoms with van der Waals surface area (Å²) >= 11 is 1.33. The number of fused-ring (bicyclic) bond motifs is 1. The normalized spacial score (nSPS) is 18.1. The van der Waals surface area contributed by atoms with E-state index < -0.39 is 17.5 Å². The number of aromatic nitrogens is 2. The number of nitrogens with zero attached hydrogens (tertiary/aromatic N) is 3. The second-order valence-corrected chi connectivity index (χ2v) is 12.9. The topological polar surface area (TPSA) is 127 Å². The van der Waals surface area contributed by atoms with Gasteiger partial charge in [0.05, 0.1) is 42.9 Å². The lowest BCUT2D eigenvalue weighted by Gasteiger charge is -2.34. The molecular formula is C31H39FN6O5S. The van der Waals surface area contributed by atoms with Gasteiger partial charge in [0.1, 0.15) is 17.1 Å². The van der Waals surface area contributed by atoms with Crippen molar-refractivity contribution in [2.75, 3.05) is 31.9 Å². The highest BCUT2D eigenvalue weighted by atomic mass is 32.1. The maximum atomic E-state index is 16.4. The Morgan fingerprint density at radius 3 is 2.57 bits per heavy atom. The minimum atomic E-state index is -0.639. The number of benzene rings is 1. The number of carbonyl (C=O) groups excluding carboxylic acids is 2. The number of carbonyl (C=O) groups is 2. The summed E-state index contributed by atoms with van der Waals surface area (Å²) in [5.74, 6) is 0.324. The van der Waals surface area contributed by atoms with Gasteiger partial charge in [-0.15, -0.1) is 0 Å². The molecule has 44 heavy (non-hydrogen) atoms. The van der Waals surface area contributed by atoms with Gasteiger partial charge in [-0.1, -0.05) is 24.2 Å². The van der Waals surface area contributed by atoms with Crippen LogP contribution in [0.2, 0.25) is 0 Å². The van der Waals surface area contributed by atoms with E-state index >= 15 is 4.39 Å². The van der Waals surface area contributed by atoms with E-state index in [-0.39, 0.29) is 48.0 Å². The SMILES string of the molecule is CNc1ncc(-c2nc(NC3CCCCC3NC(=O)OC(C)(C)C)c(F)c3c2C(=O)N(Cc2ccc(OC)cc2OC)C3)s1. The number of thiazole rings is 1. The number of hydrogen-bond acceptors (Lipinski definition) is 10. The molecule has 0 radical (unpaired) electrons. The summed E-state index contributed by atoms with van der Waals surface area (Å²) in [5, 5.41) is 9.91. The molecule has 2 aliphatic rings. The zero-order valence-corrected chi connectivity index (χ0v) is 26.7. The highest BCUT2D eigenvalue weighted by molar-refractivity contribution is 7.18. The molecule has 3 N–H and O–H groups in total. The third-order valence-corrected chi connectivity index (χ3v) is 8.71. The smallest absolute Gasteiger partial charge is 0.407 e. The predicted molar refractivity (Wildman–Crippen MR) is 167 cm³/mol. The summed E-state index contributed by atoms with van der Waals surface area (Å²) in [6.07, 6.45) is 4.39. The van der Waals surface area contributed by atoms with Gasteiger partial charge in [-0.05, 0) is 45.7 Å². The summed E-state index contributed by atoms with van der Waals surface area (Å²) < 4.78 is 32.7. The Balaban J connectivity index is 1.48. The van der Waals surface area contributed by atoms with E-state index in [4.69, 9.17) is 19.2 Å². The lowest BCUT2D eigenvalue weighted by Crippen LogP contribution is -2.50. The minimum absolute atomic E-state index is 0.0396. The number of rotatable bonds is 9. The standard InChI is InChI=1S/C31H39FN6O5S/c1-31(2,3)43-30(40)36-21-10-8-7-9-20(21)35-27-25(32)19-16-38(15-17-11-12-18(41-5)13-22(17)42-6)28(39)24(19)26(37-27)23-14-34-29(33-4)44-23/h11-14,20-21H,7-10,15-16H2,1-6H3,(H,33,34)(H,35,37)(H,36,40). The Hall–Kier alpha value is -4.13. The summed E-state index contributed by atoms with van der Waals surface area (Å²) in [4.78, 5) is 37.8. The third kappa shape index (κ3) is 6.67. The van der Waals surface area contributed by atoms with Crippen molar-refractivity contribution in [1.29, 1.82) is 0 Å². The average molecular weight is 627 g/mol. The monoisotopic (exact) mass is 626 g/mol. The van der Waals surface area contributed by atoms with Crippen molar-refractivity contribution in [3.63, 3.8) is 0 Å². The molecule has 0 saturated heterocycles. The maximum absolute atomic E-state index is 16.4. The first-order valence-corrected chi connectivity index (χ1v) is 15.5. The zero-order chi connectivity index (χ0) is 31.6. The number of amides is 2. The predicted octanol–water partition coefficient (Wildman–Crippen LogP) is 5.81. The summed E-state index contributed by atoms with van der Waals surface area (Å²) in [5.41, 5.74) is 0.973. The Bertz CT molecular complexity index is 1540. The molecule has 2 amide bonds. The molecule has 2 atom stereocenters. The molecule has 11 nitrogen and oxygen atoms in total. The van der Waals surface area contributed by atoms with Crippen molar-refractivity contribution in [2.45, 2.75) is 77.2 Å². The van der Waals surface area contributed by atoms with Gasteiger partial charge in [-0.25, -0.2) is 19.2 Å². The molecule has 3 heterocycles. The second-order valence-electron chi connectivity index (χ2n) is 11.9. The molecule has 1 fully saturated rings. The van der Waals surface area contributed by atoms with Gasteiger partial charge in [0.15, 0.2) is 16.8 Å². The van der Waals surface area contributed by atoms with E-state index in [0.29, 0.717) is 40.0 Å². The van der Waals surface area contributed by atoms with Crippen molar-refractivity contribution >= 4 is 34.3 Å². The van der Waals surface area contributed by atoms with Crippen molar-refractivity contribution in [1.82, 2.24) is 20.2 Å². The van der Waals surface area contributed by atoms with Gasteiger partial charge in [0, 0.05) is 43.0 Å². The van der Waals surface area contributed by atoms with Crippen LogP contribution in [0.1, 0.15) is 67.9 Å². The van der Waals surface area contributed by atoms with E-state index in [2.05, 4.69) is 20.9 Å². The molecule has 2 aromatic heterocycles. The number of methoxy groups -OCH3 is 2. The highest BCUT2D eigenvalue weighted by Crippen LogP contribution is 2.40. The van der Waals surface area contributed by atoms with Crippen LogP contribution in [0.15, 0.2) is 24.4 Å². The fourth-order valence-electron chi connectivity index (χ4n) is 5.61. The van der Waals surface area contributed by atoms with Gasteiger partial charge in [-0.2, -0.15) is 0 Å². The molecule has 236 valence electrons. The van der Waals surface area contributed by atoms with Crippen LogP contribution in [-0.2, 0) is 17.8 Å². The molecule has 3 aromatic rings. The van der Waals surface area contributed by atoms with Crippen LogP contribution < -0.4 is 25.4 Å². The largest absolute Gasteiger partial charge is 0.497 e. The number of anilines is 2. The van der Waals surface area contributed by atoms with E-state index in [9.17, 15) is 9.59 Å². The first kappa shape index (κ1) is 31.3. The van der Waals surface area contributed by atoms with E-state index in [1.165, 1.54) is 11.3 Å². The van der Waals surface area contributed by atoms with E-state index in [1.807, 2.05) is 26.8 Å². The fourth-order valence-corrected chi connectivity index (χ4v) is 6.38. The molecule has 0 spiro atoms. The number of alkyl carbamates (subject to hydrolysis) is 1. The van der Waals surface area contributed by atoms with E-state index in [0.717, 1.165) is 18.4 Å². The Morgan fingerprint density at radius 1 is 1.16 bits per heavy atom. The molecule has 1 aliphatic heterocycles. The van der Waals surface area contributed by atoms with Crippen LogP contribution >= 0.6 is 11.3 Å². The number of halogens is 1. The minimum Gasteiger partial charge on any atom is -0.497 e. The number of hydrogen-bond donors (Lipinski definition) is 3. The summed E-state index contributed by atoms with van der Waals surface area (Å²) in [6, 6.07) is 4.82. The van der Waals surface area contributed by atoms with Crippen molar-refractivity contribution < 1.29 is 28.2 Å². The van der Waals surface area contributed by atoms with Gasteiger partial charge in [0.2, 0.25) is 0 Å². The molecule has 5 rings (SSSR count). The first-order chi connectivity index (χ1) is 21.0. The lowest BCUT2D eigenvalue weighted by molar-refractivity contribution is 0.0488. The van der Waals surface area contributed by atoms with Gasteiger partial charge in [-0.3, -0.25) is 4.79 Å². The van der Waals surface area contributed by atoms with Gasteiger partial charge >= 0.3 is 6.09 Å². The lowest BCUT2D eigenvalue weighted by atomic mass is 9.90. The summed E-state index contributed by atoms with van der Waals surface area (Å²) in [7, 11) is 4.88. The van der Waals surface area contributed by atoms with Crippen LogP contribution in [0.5, 0.6) is 11.5 Å². The number of pyridine rings is 1. The fraction of sp³-hybridized carbons (Fsp3) is 0.484. The molecular weight excluding hydrogens is 587 g/mol. The van der Waals surface area contributed by atoms with Crippen LogP contribution in [0, 0.1) is 5.82 Å². The Kier molecular flexibility index (Phi) is 9.14. The van der Waals surface area contributed by atoms with Crippen LogP contribution in [0.4, 0.5) is 20.1 Å². The Labute approximate surface area is 260 Å². The first-order valence-electron chi connectivity index (χ1n) is 14.6. The van der Waals surface area contributed by atoms with Crippen LogP contribution in [0.25, 0.3) is 10.6 Å². The second kappa shape index (κ2) is 12.8. The highest BCUT2D eigenvalue weighted by Gasteiger charge is 2.38. The Morgan fingerprint density at radius 2 is 1.91 bits per heavy atom. The van der Waals surface area contributed by atoms with Gasteiger partial charge < -0.3 is 35.1 Å². The van der Waals surface area contributed by atoms with Crippen molar-refractivity contribution in [3.8, 4) is 22.1 Å². The van der Waals surface area contributed by atoms with Crippen molar-refractivity contribution in [2.24, 2.45) is 0 Å². The van der Waals surface area contributed by atoms with Gasteiger partial charge in [0.25, 0.3) is 5.91 Å².